The molecule has 0 unspecified atom stereocenters. The Kier molecular flexibility index (Phi) is 4.91. The van der Waals surface area contributed by atoms with Gasteiger partial charge in [-0.05, 0) is 53.4 Å². The monoisotopic (exact) mass is 437 g/mol. The van der Waals surface area contributed by atoms with E-state index in [1.165, 1.54) is 15.3 Å². The third-order valence-electron chi connectivity index (χ3n) is 6.06. The van der Waals surface area contributed by atoms with Gasteiger partial charge < -0.3 is 14.8 Å². The molecule has 3 heterocycles. The number of nitrogens with one attached hydrogen (secondary N) is 1. The van der Waals surface area contributed by atoms with Gasteiger partial charge in [0.05, 0.1) is 20.1 Å². The number of ketones is 1. The lowest BCUT2D eigenvalue weighted by molar-refractivity contribution is -0.116. The first-order valence-corrected chi connectivity index (χ1v) is 11.7. The number of thiophene rings is 2. The molecule has 0 spiro atoms. The van der Waals surface area contributed by atoms with E-state index in [4.69, 9.17) is 9.47 Å². The van der Waals surface area contributed by atoms with Gasteiger partial charge in [0.1, 0.15) is 0 Å². The molecule has 0 radical (unpaired) electrons. The van der Waals surface area contributed by atoms with Gasteiger partial charge in [0.15, 0.2) is 17.3 Å². The maximum Gasteiger partial charge on any atom is 0.162 e. The molecule has 1 N–H and O–H groups in total. The Labute approximate surface area is 184 Å². The Bertz CT molecular complexity index is 1140. The molecule has 1 aliphatic carbocycles. The second-order valence-electron chi connectivity index (χ2n) is 7.76. The highest BCUT2D eigenvalue weighted by Crippen LogP contribution is 2.52. The van der Waals surface area contributed by atoms with Crippen molar-refractivity contribution in [2.45, 2.75) is 31.6 Å². The number of methoxy groups -OCH3 is 2. The van der Waals surface area contributed by atoms with Gasteiger partial charge in [0.25, 0.3) is 0 Å². The van der Waals surface area contributed by atoms with Crippen molar-refractivity contribution in [3.05, 3.63) is 73.2 Å². The van der Waals surface area contributed by atoms with Crippen LogP contribution < -0.4 is 14.8 Å². The van der Waals surface area contributed by atoms with Crippen molar-refractivity contribution in [1.82, 2.24) is 0 Å². The van der Waals surface area contributed by atoms with Gasteiger partial charge in [-0.25, -0.2) is 0 Å². The van der Waals surface area contributed by atoms with Crippen LogP contribution in [-0.2, 0) is 4.79 Å². The number of hydrogen-bond acceptors (Lipinski definition) is 6. The molecule has 2 aromatic heterocycles. The molecule has 0 saturated heterocycles. The molecule has 1 aliphatic heterocycles. The Morgan fingerprint density at radius 1 is 1.03 bits per heavy atom. The predicted molar refractivity (Wildman–Crippen MR) is 122 cm³/mol. The summed E-state index contributed by atoms with van der Waals surface area (Å²) in [6, 6.07) is 10.3. The van der Waals surface area contributed by atoms with Crippen LogP contribution in [0.2, 0.25) is 0 Å². The molecule has 6 heteroatoms. The zero-order valence-electron chi connectivity index (χ0n) is 17.2. The Morgan fingerprint density at radius 3 is 2.50 bits per heavy atom. The van der Waals surface area contributed by atoms with Crippen molar-refractivity contribution >= 4 is 34.1 Å². The number of ether oxygens (including phenoxy) is 2. The van der Waals surface area contributed by atoms with Gasteiger partial charge in [-0.2, -0.15) is 0 Å². The molecule has 0 fully saturated rings. The number of aryl methyl sites for hydroxylation is 1. The van der Waals surface area contributed by atoms with E-state index in [9.17, 15) is 4.79 Å². The summed E-state index contributed by atoms with van der Waals surface area (Å²) in [5, 5.41) is 7.78. The molecular weight excluding hydrogens is 414 g/mol. The van der Waals surface area contributed by atoms with Crippen LogP contribution in [0.25, 0.3) is 0 Å². The molecule has 30 heavy (non-hydrogen) atoms. The molecule has 1 aromatic carbocycles. The second-order valence-corrected chi connectivity index (χ2v) is 9.68. The number of rotatable bonds is 4. The number of allylic oxidation sites excluding steroid dienone is 2. The molecule has 0 saturated carbocycles. The van der Waals surface area contributed by atoms with Crippen molar-refractivity contribution in [3.63, 3.8) is 0 Å². The van der Waals surface area contributed by atoms with Crippen LogP contribution in [0.3, 0.4) is 0 Å². The lowest BCUT2D eigenvalue weighted by Crippen LogP contribution is -2.29. The van der Waals surface area contributed by atoms with Crippen LogP contribution in [0.1, 0.15) is 45.6 Å². The van der Waals surface area contributed by atoms with Crippen molar-refractivity contribution in [3.8, 4) is 11.5 Å². The van der Waals surface area contributed by atoms with Crippen LogP contribution in [0.5, 0.6) is 11.5 Å². The predicted octanol–water partition coefficient (Wildman–Crippen LogP) is 6.09. The molecule has 154 valence electrons. The summed E-state index contributed by atoms with van der Waals surface area (Å²) in [5.74, 6) is 1.76. The number of anilines is 1. The van der Waals surface area contributed by atoms with Gasteiger partial charge in [0, 0.05) is 45.1 Å². The van der Waals surface area contributed by atoms with Crippen LogP contribution in [0, 0.1) is 6.92 Å². The van der Waals surface area contributed by atoms with E-state index in [1.807, 2.05) is 12.1 Å². The van der Waals surface area contributed by atoms with E-state index < -0.39 is 0 Å². The minimum absolute atomic E-state index is 0.0761. The highest BCUT2D eigenvalue weighted by Gasteiger charge is 2.40. The lowest BCUT2D eigenvalue weighted by Gasteiger charge is -2.36. The minimum Gasteiger partial charge on any atom is -0.493 e. The summed E-state index contributed by atoms with van der Waals surface area (Å²) in [6.07, 6.45) is 1.40. The average Bonchev–Trinajstić information content (AvgIpc) is 3.43. The van der Waals surface area contributed by atoms with Crippen LogP contribution >= 0.6 is 22.7 Å². The zero-order chi connectivity index (χ0) is 20.8. The SMILES string of the molecule is COc1cc2c(cc1OC)[C@H](c1sccc1C)C1=C(C[C@@H](c3cccs3)CC1=O)N2. The Morgan fingerprint density at radius 2 is 1.83 bits per heavy atom. The largest absolute Gasteiger partial charge is 0.493 e. The summed E-state index contributed by atoms with van der Waals surface area (Å²) in [7, 11) is 3.30. The maximum atomic E-state index is 13.5. The van der Waals surface area contributed by atoms with E-state index in [0.717, 1.165) is 28.9 Å². The number of fused-ring (bicyclic) bond motifs is 1. The van der Waals surface area contributed by atoms with Crippen molar-refractivity contribution < 1.29 is 14.3 Å². The van der Waals surface area contributed by atoms with Gasteiger partial charge in [0.2, 0.25) is 0 Å². The molecule has 5 rings (SSSR count). The summed E-state index contributed by atoms with van der Waals surface area (Å²) >= 11 is 3.45. The first kappa shape index (κ1) is 19.4. The number of hydrogen-bond donors (Lipinski definition) is 1. The van der Waals surface area contributed by atoms with E-state index in [-0.39, 0.29) is 17.6 Å². The quantitative estimate of drug-likeness (QED) is 0.536. The van der Waals surface area contributed by atoms with Gasteiger partial charge >= 0.3 is 0 Å². The number of benzene rings is 1. The topological polar surface area (TPSA) is 47.6 Å². The molecular formula is C24H23NO3S2. The van der Waals surface area contributed by atoms with Crippen molar-refractivity contribution in [2.24, 2.45) is 0 Å². The van der Waals surface area contributed by atoms with Crippen molar-refractivity contribution in [1.29, 1.82) is 0 Å². The van der Waals surface area contributed by atoms with E-state index in [1.54, 1.807) is 36.9 Å². The zero-order valence-corrected chi connectivity index (χ0v) is 18.8. The molecule has 4 nitrogen and oxygen atoms in total. The van der Waals surface area contributed by atoms with Gasteiger partial charge in [-0.1, -0.05) is 6.07 Å². The maximum absolute atomic E-state index is 13.5. The summed E-state index contributed by atoms with van der Waals surface area (Å²) in [5.41, 5.74) is 5.23. The summed E-state index contributed by atoms with van der Waals surface area (Å²) < 4.78 is 11.1. The number of carbonyl (C=O) groups excluding carboxylic acids is 1. The van der Waals surface area contributed by atoms with Gasteiger partial charge in [-0.15, -0.1) is 22.7 Å². The Hall–Kier alpha value is -2.57. The van der Waals surface area contributed by atoms with E-state index in [0.29, 0.717) is 17.9 Å². The fraction of sp³-hybridized carbons (Fsp3) is 0.292. The highest BCUT2D eigenvalue weighted by atomic mass is 32.1. The van der Waals surface area contributed by atoms with Crippen LogP contribution in [0.15, 0.2) is 52.4 Å². The number of carbonyl (C=O) groups is 1. The van der Waals surface area contributed by atoms with Gasteiger partial charge in [-0.3, -0.25) is 4.79 Å². The smallest absolute Gasteiger partial charge is 0.162 e. The molecule has 2 aliphatic rings. The second kappa shape index (κ2) is 7.60. The molecule has 2 atom stereocenters. The fourth-order valence-electron chi connectivity index (χ4n) is 4.62. The summed E-state index contributed by atoms with van der Waals surface area (Å²) in [4.78, 5) is 16.0. The van der Waals surface area contributed by atoms with E-state index >= 15 is 0 Å². The first-order chi connectivity index (χ1) is 14.6. The minimum atomic E-state index is -0.0761. The average molecular weight is 438 g/mol. The van der Waals surface area contributed by atoms with E-state index in [2.05, 4.69) is 41.2 Å². The summed E-state index contributed by atoms with van der Waals surface area (Å²) in [6.45, 7) is 2.12. The molecule has 3 aromatic rings. The number of Topliss-reactive ketones (excluding diaryl/α,β-unsaturated/α-hetero) is 1. The first-order valence-electron chi connectivity index (χ1n) is 9.97. The third kappa shape index (κ3) is 3.06. The fourth-order valence-corrected chi connectivity index (χ4v) is 6.51. The van der Waals surface area contributed by atoms with Crippen LogP contribution in [0.4, 0.5) is 5.69 Å². The lowest BCUT2D eigenvalue weighted by atomic mass is 9.74. The normalized spacial score (nSPS) is 20.4. The molecule has 0 bridgehead atoms. The highest BCUT2D eigenvalue weighted by molar-refractivity contribution is 7.10. The van der Waals surface area contributed by atoms with Crippen molar-refractivity contribution in [2.75, 3.05) is 19.5 Å². The standard InChI is InChI=1S/C24H23NO3S2/c1-13-6-8-30-24(13)22-15-11-19(27-2)20(28-3)12-16(15)25-17-9-14(10-18(26)23(17)22)21-5-4-7-29-21/h4-8,11-12,14,22,25H,9-10H2,1-3H3/t14-,22+/m1/s1. The third-order valence-corrected chi connectivity index (χ3v) is 8.18. The Balaban J connectivity index is 1.68. The molecule has 0 amide bonds. The van der Waals surface area contributed by atoms with Crippen LogP contribution in [-0.4, -0.2) is 20.0 Å².